The number of amides is 1. The minimum Gasteiger partial charge on any atom is -0.440 e. The molecule has 0 unspecified atom stereocenters. The normalized spacial score (nSPS) is 13.9. The number of benzene rings is 1. The third-order valence-electron chi connectivity index (χ3n) is 5.10. The number of aromatic nitrogens is 3. The van der Waals surface area contributed by atoms with Crippen molar-refractivity contribution in [2.24, 2.45) is 0 Å². The van der Waals surface area contributed by atoms with Gasteiger partial charge in [0.1, 0.15) is 11.6 Å². The van der Waals surface area contributed by atoms with Gasteiger partial charge in [0.25, 0.3) is 5.91 Å². The maximum atomic E-state index is 13.9. The van der Waals surface area contributed by atoms with Crippen molar-refractivity contribution in [1.29, 1.82) is 0 Å². The van der Waals surface area contributed by atoms with Crippen LogP contribution in [0.3, 0.4) is 0 Å². The molecule has 7 heteroatoms. The molecular weight excluding hydrogens is 359 g/mol. The van der Waals surface area contributed by atoms with E-state index in [9.17, 15) is 9.18 Å². The summed E-state index contributed by atoms with van der Waals surface area (Å²) in [7, 11) is 0. The number of carbonyl (C=O) groups excluding carboxylic acids is 1. The number of nitrogens with zero attached hydrogens (tertiary/aromatic N) is 4. The van der Waals surface area contributed by atoms with Gasteiger partial charge in [0, 0.05) is 35.8 Å². The molecule has 1 aliphatic rings. The van der Waals surface area contributed by atoms with E-state index in [4.69, 9.17) is 9.52 Å². The van der Waals surface area contributed by atoms with Gasteiger partial charge in [0.2, 0.25) is 5.89 Å². The Hall–Kier alpha value is -2.96. The van der Waals surface area contributed by atoms with Gasteiger partial charge < -0.3 is 9.32 Å². The lowest BCUT2D eigenvalue weighted by molar-refractivity contribution is 0.0732. The third-order valence-corrected chi connectivity index (χ3v) is 5.10. The molecule has 4 rings (SSSR count). The topological polar surface area (TPSA) is 64.2 Å². The monoisotopic (exact) mass is 382 g/mol. The Morgan fingerprint density at radius 3 is 2.71 bits per heavy atom. The molecule has 0 spiro atoms. The second-order valence-corrected chi connectivity index (χ2v) is 7.53. The standard InChI is InChI=1S/C21H23FN4O2/c1-12(2)26-18-7-8-25(21(27)15-6-5-13(3)17(22)9-15)11-16(18)19(24-26)20-23-10-14(4)28-20/h5-6,9-10,12H,7-8,11H2,1-4H3. The second-order valence-electron chi connectivity index (χ2n) is 7.53. The smallest absolute Gasteiger partial charge is 0.254 e. The first-order chi connectivity index (χ1) is 13.3. The van der Waals surface area contributed by atoms with Gasteiger partial charge in [-0.05, 0) is 45.4 Å². The summed E-state index contributed by atoms with van der Waals surface area (Å²) in [5.74, 6) is 0.619. The molecule has 1 amide bonds. The summed E-state index contributed by atoms with van der Waals surface area (Å²) in [5, 5.41) is 4.73. The molecule has 0 radical (unpaired) electrons. The molecule has 3 aromatic rings. The fourth-order valence-corrected chi connectivity index (χ4v) is 3.59. The Morgan fingerprint density at radius 2 is 2.07 bits per heavy atom. The van der Waals surface area contributed by atoms with E-state index in [1.54, 1.807) is 30.2 Å². The highest BCUT2D eigenvalue weighted by Gasteiger charge is 2.30. The van der Waals surface area contributed by atoms with Crippen LogP contribution in [0.15, 0.2) is 28.8 Å². The van der Waals surface area contributed by atoms with E-state index >= 15 is 0 Å². The average molecular weight is 382 g/mol. The van der Waals surface area contributed by atoms with Gasteiger partial charge >= 0.3 is 0 Å². The summed E-state index contributed by atoms with van der Waals surface area (Å²) in [4.78, 5) is 19.0. The van der Waals surface area contributed by atoms with E-state index in [-0.39, 0.29) is 17.8 Å². The molecule has 28 heavy (non-hydrogen) atoms. The summed E-state index contributed by atoms with van der Waals surface area (Å²) in [6.45, 7) is 8.62. The van der Waals surface area contributed by atoms with Gasteiger partial charge in [-0.25, -0.2) is 9.37 Å². The van der Waals surface area contributed by atoms with Crippen LogP contribution in [0.1, 0.15) is 52.8 Å². The summed E-state index contributed by atoms with van der Waals surface area (Å²) in [6.07, 6.45) is 2.34. The first-order valence-electron chi connectivity index (χ1n) is 9.43. The van der Waals surface area contributed by atoms with Crippen LogP contribution in [-0.4, -0.2) is 32.1 Å². The highest BCUT2D eigenvalue weighted by Crippen LogP contribution is 2.32. The summed E-state index contributed by atoms with van der Waals surface area (Å²) >= 11 is 0. The van der Waals surface area contributed by atoms with E-state index < -0.39 is 0 Å². The van der Waals surface area contributed by atoms with Crippen molar-refractivity contribution < 1.29 is 13.6 Å². The van der Waals surface area contributed by atoms with Crippen molar-refractivity contribution in [3.8, 4) is 11.6 Å². The van der Waals surface area contributed by atoms with Gasteiger partial charge in [-0.2, -0.15) is 5.10 Å². The van der Waals surface area contributed by atoms with E-state index in [1.807, 2.05) is 11.6 Å². The van der Waals surface area contributed by atoms with Crippen LogP contribution in [0.25, 0.3) is 11.6 Å². The van der Waals surface area contributed by atoms with Crippen LogP contribution >= 0.6 is 0 Å². The predicted octanol–water partition coefficient (Wildman–Crippen LogP) is 4.07. The van der Waals surface area contributed by atoms with Crippen LogP contribution in [-0.2, 0) is 13.0 Å². The number of hydrogen-bond donors (Lipinski definition) is 0. The van der Waals surface area contributed by atoms with Gasteiger partial charge in [0.15, 0.2) is 5.69 Å². The number of rotatable bonds is 3. The predicted molar refractivity (Wildman–Crippen MR) is 102 cm³/mol. The molecular formula is C21H23FN4O2. The minimum atomic E-state index is -0.368. The van der Waals surface area contributed by atoms with Crippen LogP contribution in [0.2, 0.25) is 0 Å². The molecule has 6 nitrogen and oxygen atoms in total. The molecule has 0 saturated carbocycles. The molecule has 2 aromatic heterocycles. The van der Waals surface area contributed by atoms with Crippen molar-refractivity contribution in [2.45, 2.75) is 46.7 Å². The molecule has 0 saturated heterocycles. The zero-order valence-electron chi connectivity index (χ0n) is 16.5. The Bertz CT molecular complexity index is 1050. The number of oxazole rings is 1. The van der Waals surface area contributed by atoms with E-state index in [0.29, 0.717) is 48.0 Å². The van der Waals surface area contributed by atoms with Gasteiger partial charge in [-0.15, -0.1) is 0 Å². The van der Waals surface area contributed by atoms with E-state index in [2.05, 4.69) is 18.8 Å². The molecule has 0 atom stereocenters. The summed E-state index contributed by atoms with van der Waals surface area (Å²) in [5.41, 5.74) is 3.60. The number of fused-ring (bicyclic) bond motifs is 1. The summed E-state index contributed by atoms with van der Waals surface area (Å²) in [6, 6.07) is 4.80. The highest BCUT2D eigenvalue weighted by molar-refractivity contribution is 5.94. The van der Waals surface area contributed by atoms with Crippen LogP contribution in [0.4, 0.5) is 4.39 Å². The van der Waals surface area contributed by atoms with Crippen LogP contribution in [0, 0.1) is 19.7 Å². The van der Waals surface area contributed by atoms with Crippen molar-refractivity contribution in [2.75, 3.05) is 6.54 Å². The molecule has 0 N–H and O–H groups in total. The SMILES string of the molecule is Cc1cnc(-c2nn(C(C)C)c3c2CN(C(=O)c2ccc(C)c(F)c2)CC3)o1. The second kappa shape index (κ2) is 6.89. The lowest BCUT2D eigenvalue weighted by atomic mass is 10.0. The number of carbonyl (C=O) groups is 1. The first kappa shape index (κ1) is 18.4. The maximum absolute atomic E-state index is 13.9. The zero-order valence-corrected chi connectivity index (χ0v) is 16.5. The largest absolute Gasteiger partial charge is 0.440 e. The Morgan fingerprint density at radius 1 is 1.29 bits per heavy atom. The van der Waals surface area contributed by atoms with Crippen molar-refractivity contribution in [1.82, 2.24) is 19.7 Å². The molecule has 3 heterocycles. The van der Waals surface area contributed by atoms with Gasteiger partial charge in [-0.3, -0.25) is 9.48 Å². The van der Waals surface area contributed by atoms with Crippen LogP contribution in [0.5, 0.6) is 0 Å². The van der Waals surface area contributed by atoms with Crippen molar-refractivity contribution >= 4 is 5.91 Å². The number of hydrogen-bond acceptors (Lipinski definition) is 4. The molecule has 146 valence electrons. The average Bonchev–Trinajstić information content (AvgIpc) is 3.26. The summed E-state index contributed by atoms with van der Waals surface area (Å²) < 4.78 is 21.6. The lowest BCUT2D eigenvalue weighted by Gasteiger charge is -2.28. The molecule has 0 aliphatic carbocycles. The molecule has 1 aromatic carbocycles. The van der Waals surface area contributed by atoms with Crippen molar-refractivity contribution in [3.05, 3.63) is 58.4 Å². The number of halogens is 1. The van der Waals surface area contributed by atoms with Crippen LogP contribution < -0.4 is 0 Å². The lowest BCUT2D eigenvalue weighted by Crippen LogP contribution is -2.36. The molecule has 1 aliphatic heterocycles. The minimum absolute atomic E-state index is 0.184. The molecule has 0 fully saturated rings. The van der Waals surface area contributed by atoms with E-state index in [0.717, 1.165) is 11.3 Å². The number of aryl methyl sites for hydroxylation is 2. The highest BCUT2D eigenvalue weighted by atomic mass is 19.1. The Kier molecular flexibility index (Phi) is 4.53. The first-order valence-corrected chi connectivity index (χ1v) is 9.43. The maximum Gasteiger partial charge on any atom is 0.254 e. The Labute approximate surface area is 163 Å². The fraction of sp³-hybridized carbons (Fsp3) is 0.381. The third kappa shape index (κ3) is 3.10. The zero-order chi connectivity index (χ0) is 20.0. The Balaban J connectivity index is 1.70. The molecule has 0 bridgehead atoms. The van der Waals surface area contributed by atoms with Gasteiger partial charge in [0.05, 0.1) is 12.7 Å². The van der Waals surface area contributed by atoms with Gasteiger partial charge in [-0.1, -0.05) is 6.07 Å². The quantitative estimate of drug-likeness (QED) is 0.685. The fourth-order valence-electron chi connectivity index (χ4n) is 3.59. The van der Waals surface area contributed by atoms with E-state index in [1.165, 1.54) is 6.07 Å². The van der Waals surface area contributed by atoms with Crippen molar-refractivity contribution in [3.63, 3.8) is 0 Å².